The summed E-state index contributed by atoms with van der Waals surface area (Å²) in [6.45, 7) is 2.43. The molecule has 0 radical (unpaired) electrons. The minimum Gasteiger partial charge on any atom is -0.497 e. The highest BCUT2D eigenvalue weighted by Gasteiger charge is 2.16. The van der Waals surface area contributed by atoms with E-state index in [4.69, 9.17) is 4.74 Å². The van der Waals surface area contributed by atoms with Crippen LogP contribution in [0.25, 0.3) is 27.8 Å². The summed E-state index contributed by atoms with van der Waals surface area (Å²) in [7, 11) is 1.60. The number of H-pyrrole nitrogens is 1. The fourth-order valence-corrected chi connectivity index (χ4v) is 3.70. The van der Waals surface area contributed by atoms with Gasteiger partial charge in [0.15, 0.2) is 5.65 Å². The maximum Gasteiger partial charge on any atom is 0.281 e. The number of nitrogens with zero attached hydrogens (tertiary/aromatic N) is 3. The van der Waals surface area contributed by atoms with Crippen molar-refractivity contribution in [3.8, 4) is 17.0 Å². The van der Waals surface area contributed by atoms with E-state index >= 15 is 0 Å². The van der Waals surface area contributed by atoms with E-state index in [1.807, 2.05) is 55.5 Å². The normalized spacial score (nSPS) is 11.1. The number of amides is 1. The molecule has 0 saturated carbocycles. The number of carbonyl (C=O) groups is 1. The van der Waals surface area contributed by atoms with Crippen molar-refractivity contribution < 1.29 is 9.53 Å². The number of carbonyl (C=O) groups excluding carboxylic acids is 1. The molecule has 0 bridgehead atoms. The number of methoxy groups -OCH3 is 1. The average molecular weight is 439 g/mol. The Morgan fingerprint density at radius 3 is 2.55 bits per heavy atom. The van der Waals surface area contributed by atoms with Gasteiger partial charge in [0.05, 0.1) is 18.0 Å². The number of hydrogen-bond donors (Lipinski definition) is 2. The molecule has 164 valence electrons. The molecule has 2 N–H and O–H groups in total. The summed E-state index contributed by atoms with van der Waals surface area (Å²) >= 11 is 0. The summed E-state index contributed by atoms with van der Waals surface area (Å²) in [5, 5.41) is 10.6. The molecule has 5 aromatic rings. The van der Waals surface area contributed by atoms with Gasteiger partial charge in [-0.25, -0.2) is 9.73 Å². The molecule has 1 amide bonds. The fourth-order valence-electron chi connectivity index (χ4n) is 3.70. The monoisotopic (exact) mass is 439 g/mol. The number of benzene rings is 3. The second kappa shape index (κ2) is 8.23. The van der Waals surface area contributed by atoms with E-state index < -0.39 is 0 Å². The molecule has 8 heteroatoms. The van der Waals surface area contributed by atoms with Gasteiger partial charge in [-0.1, -0.05) is 29.8 Å². The van der Waals surface area contributed by atoms with Crippen molar-refractivity contribution in [2.75, 3.05) is 7.11 Å². The lowest BCUT2D eigenvalue weighted by molar-refractivity contribution is 0.0951. The Labute approximate surface area is 188 Å². The van der Waals surface area contributed by atoms with Crippen molar-refractivity contribution in [3.05, 3.63) is 93.8 Å². The molecule has 0 saturated heterocycles. The summed E-state index contributed by atoms with van der Waals surface area (Å²) < 4.78 is 6.82. The number of ether oxygens (including phenoxy) is 1. The fraction of sp³-hybridized carbons (Fsp3) is 0.120. The molecule has 0 fully saturated rings. The number of hydrogen-bond acceptors (Lipinski definition) is 5. The zero-order valence-corrected chi connectivity index (χ0v) is 18.1. The lowest BCUT2D eigenvalue weighted by Gasteiger charge is -2.07. The quantitative estimate of drug-likeness (QED) is 0.437. The van der Waals surface area contributed by atoms with E-state index in [2.05, 4.69) is 20.6 Å². The number of nitrogens with one attached hydrogen (secondary N) is 2. The first-order valence-corrected chi connectivity index (χ1v) is 10.4. The zero-order valence-electron chi connectivity index (χ0n) is 18.1. The molecule has 0 unspecified atom stereocenters. The molecular weight excluding hydrogens is 418 g/mol. The van der Waals surface area contributed by atoms with Gasteiger partial charge in [0.25, 0.3) is 11.5 Å². The Bertz CT molecular complexity index is 1530. The van der Waals surface area contributed by atoms with Gasteiger partial charge < -0.3 is 10.1 Å². The lowest BCUT2D eigenvalue weighted by Crippen LogP contribution is -2.23. The second-order valence-corrected chi connectivity index (χ2v) is 7.77. The molecule has 3 aromatic carbocycles. The van der Waals surface area contributed by atoms with Crippen molar-refractivity contribution in [2.45, 2.75) is 13.5 Å². The van der Waals surface area contributed by atoms with Gasteiger partial charge in [-0.2, -0.15) is 10.1 Å². The van der Waals surface area contributed by atoms with Crippen molar-refractivity contribution in [1.29, 1.82) is 0 Å². The van der Waals surface area contributed by atoms with Crippen LogP contribution in [0, 0.1) is 6.92 Å². The first kappa shape index (κ1) is 20.4. The van der Waals surface area contributed by atoms with Gasteiger partial charge in [0.2, 0.25) is 0 Å². The zero-order chi connectivity index (χ0) is 22.9. The van der Waals surface area contributed by atoms with Crippen LogP contribution >= 0.6 is 0 Å². The van der Waals surface area contributed by atoms with Crippen molar-refractivity contribution >= 4 is 22.5 Å². The average Bonchev–Trinajstić information content (AvgIpc) is 3.27. The molecule has 2 aromatic heterocycles. The van der Waals surface area contributed by atoms with Crippen LogP contribution < -0.4 is 15.6 Å². The summed E-state index contributed by atoms with van der Waals surface area (Å²) in [6, 6.07) is 20.2. The van der Waals surface area contributed by atoms with E-state index in [1.54, 1.807) is 29.8 Å². The van der Waals surface area contributed by atoms with Gasteiger partial charge in [-0.05, 0) is 55.0 Å². The Kier molecular flexibility index (Phi) is 5.10. The Morgan fingerprint density at radius 1 is 1.06 bits per heavy atom. The molecule has 0 aliphatic rings. The minimum atomic E-state index is -0.382. The third kappa shape index (κ3) is 3.82. The van der Waals surface area contributed by atoms with Gasteiger partial charge in [0.1, 0.15) is 11.4 Å². The predicted octanol–water partition coefficient (Wildman–Crippen LogP) is 3.48. The Morgan fingerprint density at radius 2 is 1.82 bits per heavy atom. The summed E-state index contributed by atoms with van der Waals surface area (Å²) in [6.07, 6.45) is 0. The topological polar surface area (TPSA) is 101 Å². The second-order valence-electron chi connectivity index (χ2n) is 7.77. The van der Waals surface area contributed by atoms with Crippen molar-refractivity contribution in [1.82, 2.24) is 25.1 Å². The van der Waals surface area contributed by atoms with E-state index in [1.165, 1.54) is 0 Å². The first-order valence-electron chi connectivity index (χ1n) is 10.4. The van der Waals surface area contributed by atoms with Crippen LogP contribution in [-0.2, 0) is 6.54 Å². The van der Waals surface area contributed by atoms with Crippen LogP contribution in [-0.4, -0.2) is 32.8 Å². The smallest absolute Gasteiger partial charge is 0.281 e. The summed E-state index contributed by atoms with van der Waals surface area (Å²) in [5.41, 5.74) is 4.46. The third-order valence-corrected chi connectivity index (χ3v) is 5.56. The van der Waals surface area contributed by atoms with Crippen molar-refractivity contribution in [3.63, 3.8) is 0 Å². The maximum atomic E-state index is 12.8. The number of aromatic amines is 1. The highest BCUT2D eigenvalue weighted by atomic mass is 16.5. The number of rotatable bonds is 5. The SMILES string of the molecule is COc1ccc(-c2n[nH]n3c2nc(=O)c2ccc(C(=O)NCc4ccc(C)cc4)cc23)cc1. The largest absolute Gasteiger partial charge is 0.497 e. The molecule has 33 heavy (non-hydrogen) atoms. The van der Waals surface area contributed by atoms with Crippen LogP contribution in [0.4, 0.5) is 0 Å². The molecular formula is C25H21N5O3. The maximum absolute atomic E-state index is 12.8. The number of fused-ring (bicyclic) bond motifs is 3. The van der Waals surface area contributed by atoms with Gasteiger partial charge in [-0.3, -0.25) is 9.59 Å². The lowest BCUT2D eigenvalue weighted by atomic mass is 10.1. The third-order valence-electron chi connectivity index (χ3n) is 5.56. The standard InChI is InChI=1S/C25H21N5O3/c1-15-3-5-16(6-4-15)14-26-24(31)18-9-12-20-21(13-18)30-23(27-25(20)32)22(28-29-30)17-7-10-19(33-2)11-8-17/h3-13,29H,14H2,1-2H3,(H,26,31). The van der Waals surface area contributed by atoms with Crippen molar-refractivity contribution in [2.24, 2.45) is 0 Å². The van der Waals surface area contributed by atoms with Crippen LogP contribution in [0.5, 0.6) is 5.75 Å². The van der Waals surface area contributed by atoms with Crippen LogP contribution in [0.15, 0.2) is 71.5 Å². The molecule has 5 rings (SSSR count). The highest BCUT2D eigenvalue weighted by molar-refractivity contribution is 5.98. The molecule has 0 aliphatic heterocycles. The number of aryl methyl sites for hydroxylation is 1. The van der Waals surface area contributed by atoms with Gasteiger partial charge >= 0.3 is 0 Å². The molecule has 2 heterocycles. The minimum absolute atomic E-state index is 0.231. The molecule has 0 aliphatic carbocycles. The predicted molar refractivity (Wildman–Crippen MR) is 125 cm³/mol. The summed E-state index contributed by atoms with van der Waals surface area (Å²) in [4.78, 5) is 29.7. The van der Waals surface area contributed by atoms with E-state index in [-0.39, 0.29) is 11.5 Å². The van der Waals surface area contributed by atoms with Crippen LogP contribution in [0.2, 0.25) is 0 Å². The van der Waals surface area contributed by atoms with Gasteiger partial charge in [-0.15, -0.1) is 0 Å². The highest BCUT2D eigenvalue weighted by Crippen LogP contribution is 2.24. The first-order chi connectivity index (χ1) is 16.0. The molecule has 0 atom stereocenters. The molecule has 0 spiro atoms. The number of aromatic nitrogens is 4. The van der Waals surface area contributed by atoms with E-state index in [0.717, 1.165) is 22.4 Å². The summed E-state index contributed by atoms with van der Waals surface area (Å²) in [5.74, 6) is 0.487. The van der Waals surface area contributed by atoms with E-state index in [9.17, 15) is 9.59 Å². The van der Waals surface area contributed by atoms with E-state index in [0.29, 0.717) is 34.4 Å². The van der Waals surface area contributed by atoms with Crippen LogP contribution in [0.3, 0.4) is 0 Å². The Hall–Kier alpha value is -4.46. The van der Waals surface area contributed by atoms with Gasteiger partial charge in [0, 0.05) is 17.7 Å². The molecule has 8 nitrogen and oxygen atoms in total. The van der Waals surface area contributed by atoms with Crippen LogP contribution in [0.1, 0.15) is 21.5 Å². The Balaban J connectivity index is 1.51.